The summed E-state index contributed by atoms with van der Waals surface area (Å²) in [6.45, 7) is 3.40. The van der Waals surface area contributed by atoms with Crippen LogP contribution in [0.4, 0.5) is 0 Å². The van der Waals surface area contributed by atoms with E-state index in [1.54, 1.807) is 6.07 Å². The first-order valence-corrected chi connectivity index (χ1v) is 6.91. The third-order valence-electron chi connectivity index (χ3n) is 2.58. The maximum absolute atomic E-state index is 6.00. The van der Waals surface area contributed by atoms with Crippen molar-refractivity contribution in [2.75, 3.05) is 19.8 Å². The van der Waals surface area contributed by atoms with Gasteiger partial charge in [0.1, 0.15) is 19.0 Å². The summed E-state index contributed by atoms with van der Waals surface area (Å²) in [5.74, 6) is 2.13. The van der Waals surface area contributed by atoms with Gasteiger partial charge in [-0.2, -0.15) is 0 Å². The largest absolute Gasteiger partial charge is 0.490 e. The standard InChI is InChI=1S/C16H17ClO3/c1-2-18-15-9-5-6-10-16(15)20-12-11-19-14-8-4-3-7-13(14)17/h3-10H,2,11-12H2,1H3. The molecule has 0 N–H and O–H groups in total. The van der Waals surface area contributed by atoms with E-state index in [4.69, 9.17) is 25.8 Å². The number of hydrogen-bond donors (Lipinski definition) is 0. The molecule has 0 bridgehead atoms. The number of hydrogen-bond acceptors (Lipinski definition) is 3. The van der Waals surface area contributed by atoms with Crippen LogP contribution in [0.25, 0.3) is 0 Å². The Kier molecular flexibility index (Phi) is 5.56. The SMILES string of the molecule is CCOc1ccccc1OCCOc1ccccc1Cl. The molecule has 0 fully saturated rings. The summed E-state index contributed by atoms with van der Waals surface area (Å²) >= 11 is 6.00. The molecule has 0 aliphatic heterocycles. The van der Waals surface area contributed by atoms with Crippen LogP contribution in [0.5, 0.6) is 17.2 Å². The van der Waals surface area contributed by atoms with Crippen LogP contribution in [0.1, 0.15) is 6.92 Å². The van der Waals surface area contributed by atoms with Crippen molar-refractivity contribution in [1.82, 2.24) is 0 Å². The van der Waals surface area contributed by atoms with E-state index in [0.717, 1.165) is 11.5 Å². The highest BCUT2D eigenvalue weighted by Gasteiger charge is 2.04. The molecule has 0 amide bonds. The third kappa shape index (κ3) is 4.07. The average Bonchev–Trinajstić information content (AvgIpc) is 2.47. The summed E-state index contributed by atoms with van der Waals surface area (Å²) in [4.78, 5) is 0. The molecule has 0 saturated carbocycles. The zero-order chi connectivity index (χ0) is 14.2. The molecular weight excluding hydrogens is 276 g/mol. The van der Waals surface area contributed by atoms with Gasteiger partial charge in [-0.15, -0.1) is 0 Å². The van der Waals surface area contributed by atoms with Crippen molar-refractivity contribution < 1.29 is 14.2 Å². The van der Waals surface area contributed by atoms with Crippen molar-refractivity contribution in [3.8, 4) is 17.2 Å². The molecule has 0 aliphatic rings. The molecule has 0 unspecified atom stereocenters. The molecule has 2 rings (SSSR count). The van der Waals surface area contributed by atoms with E-state index in [9.17, 15) is 0 Å². The van der Waals surface area contributed by atoms with E-state index >= 15 is 0 Å². The van der Waals surface area contributed by atoms with Gasteiger partial charge in [0.25, 0.3) is 0 Å². The second-order valence-corrected chi connectivity index (χ2v) is 4.41. The summed E-state index contributed by atoms with van der Waals surface area (Å²) in [6, 6.07) is 15.0. The molecule has 2 aromatic rings. The lowest BCUT2D eigenvalue weighted by Crippen LogP contribution is -2.10. The van der Waals surface area contributed by atoms with E-state index in [1.165, 1.54) is 0 Å². The van der Waals surface area contributed by atoms with Gasteiger partial charge in [0.15, 0.2) is 11.5 Å². The molecule has 0 spiro atoms. The lowest BCUT2D eigenvalue weighted by atomic mass is 10.3. The molecular formula is C16H17ClO3. The lowest BCUT2D eigenvalue weighted by Gasteiger charge is -2.12. The first kappa shape index (κ1) is 14.5. The molecule has 0 heterocycles. The van der Waals surface area contributed by atoms with Gasteiger partial charge in [0, 0.05) is 0 Å². The minimum Gasteiger partial charge on any atom is -0.490 e. The Balaban J connectivity index is 1.83. The van der Waals surface area contributed by atoms with Gasteiger partial charge >= 0.3 is 0 Å². The first-order chi connectivity index (χ1) is 9.81. The van der Waals surface area contributed by atoms with Crippen molar-refractivity contribution in [3.05, 3.63) is 53.6 Å². The predicted molar refractivity (Wildman–Crippen MR) is 80.1 cm³/mol. The highest BCUT2D eigenvalue weighted by Crippen LogP contribution is 2.26. The minimum absolute atomic E-state index is 0.421. The third-order valence-corrected chi connectivity index (χ3v) is 2.90. The molecule has 0 aromatic heterocycles. The summed E-state index contributed by atoms with van der Waals surface area (Å²) in [7, 11) is 0. The Labute approximate surface area is 124 Å². The number of rotatable bonds is 7. The Morgan fingerprint density at radius 1 is 0.750 bits per heavy atom. The van der Waals surface area contributed by atoms with Crippen molar-refractivity contribution in [2.24, 2.45) is 0 Å². The Morgan fingerprint density at radius 2 is 1.25 bits per heavy atom. The molecule has 0 aliphatic carbocycles. The van der Waals surface area contributed by atoms with Gasteiger partial charge in [-0.25, -0.2) is 0 Å². The van der Waals surface area contributed by atoms with E-state index in [1.807, 2.05) is 49.4 Å². The fraction of sp³-hybridized carbons (Fsp3) is 0.250. The molecule has 2 aromatic carbocycles. The van der Waals surface area contributed by atoms with Crippen molar-refractivity contribution in [1.29, 1.82) is 0 Å². The van der Waals surface area contributed by atoms with Gasteiger partial charge < -0.3 is 14.2 Å². The zero-order valence-corrected chi connectivity index (χ0v) is 12.1. The highest BCUT2D eigenvalue weighted by atomic mass is 35.5. The van der Waals surface area contributed by atoms with Crippen LogP contribution in [0.15, 0.2) is 48.5 Å². The second-order valence-electron chi connectivity index (χ2n) is 4.01. The summed E-state index contributed by atoms with van der Waals surface area (Å²) < 4.78 is 16.7. The topological polar surface area (TPSA) is 27.7 Å². The molecule has 4 heteroatoms. The first-order valence-electron chi connectivity index (χ1n) is 6.53. The van der Waals surface area contributed by atoms with Crippen LogP contribution >= 0.6 is 11.6 Å². The monoisotopic (exact) mass is 292 g/mol. The van der Waals surface area contributed by atoms with Crippen LogP contribution in [-0.2, 0) is 0 Å². The molecule has 106 valence electrons. The number of halogens is 1. The maximum atomic E-state index is 6.00. The Hall–Kier alpha value is -1.87. The predicted octanol–water partition coefficient (Wildman–Crippen LogP) is 4.20. The van der Waals surface area contributed by atoms with Gasteiger partial charge in [-0.3, -0.25) is 0 Å². The summed E-state index contributed by atoms with van der Waals surface area (Å²) in [5, 5.41) is 0.599. The van der Waals surface area contributed by atoms with E-state index in [-0.39, 0.29) is 0 Å². The molecule has 3 nitrogen and oxygen atoms in total. The average molecular weight is 293 g/mol. The molecule has 0 radical (unpaired) electrons. The molecule has 0 saturated heterocycles. The number of ether oxygens (including phenoxy) is 3. The Morgan fingerprint density at radius 3 is 1.85 bits per heavy atom. The van der Waals surface area contributed by atoms with Gasteiger partial charge in [-0.05, 0) is 31.2 Å². The lowest BCUT2D eigenvalue weighted by molar-refractivity contribution is 0.208. The minimum atomic E-state index is 0.421. The van der Waals surface area contributed by atoms with Crippen LogP contribution in [0.2, 0.25) is 5.02 Å². The molecule has 20 heavy (non-hydrogen) atoms. The van der Waals surface area contributed by atoms with Crippen LogP contribution < -0.4 is 14.2 Å². The number of para-hydroxylation sites is 3. The summed E-state index contributed by atoms with van der Waals surface area (Å²) in [5.41, 5.74) is 0. The maximum Gasteiger partial charge on any atom is 0.161 e. The number of benzene rings is 2. The van der Waals surface area contributed by atoms with Crippen molar-refractivity contribution in [2.45, 2.75) is 6.92 Å². The van der Waals surface area contributed by atoms with Crippen molar-refractivity contribution in [3.63, 3.8) is 0 Å². The molecule has 0 atom stereocenters. The fourth-order valence-corrected chi connectivity index (χ4v) is 1.90. The van der Waals surface area contributed by atoms with E-state index in [0.29, 0.717) is 30.6 Å². The van der Waals surface area contributed by atoms with Gasteiger partial charge in [-0.1, -0.05) is 35.9 Å². The fourth-order valence-electron chi connectivity index (χ4n) is 1.71. The normalized spacial score (nSPS) is 10.1. The quantitative estimate of drug-likeness (QED) is 0.716. The van der Waals surface area contributed by atoms with Crippen LogP contribution in [0, 0.1) is 0 Å². The Bertz CT molecular complexity index is 543. The smallest absolute Gasteiger partial charge is 0.161 e. The second kappa shape index (κ2) is 7.65. The summed E-state index contributed by atoms with van der Waals surface area (Å²) in [6.07, 6.45) is 0. The van der Waals surface area contributed by atoms with Crippen molar-refractivity contribution >= 4 is 11.6 Å². The van der Waals surface area contributed by atoms with Crippen LogP contribution in [-0.4, -0.2) is 19.8 Å². The van der Waals surface area contributed by atoms with E-state index in [2.05, 4.69) is 0 Å². The van der Waals surface area contributed by atoms with Crippen LogP contribution in [0.3, 0.4) is 0 Å². The van der Waals surface area contributed by atoms with E-state index < -0.39 is 0 Å². The highest BCUT2D eigenvalue weighted by molar-refractivity contribution is 6.32. The van der Waals surface area contributed by atoms with Gasteiger partial charge in [0.05, 0.1) is 11.6 Å². The zero-order valence-electron chi connectivity index (χ0n) is 11.3. The van der Waals surface area contributed by atoms with Gasteiger partial charge in [0.2, 0.25) is 0 Å².